The molecule has 2 N–H and O–H groups in total. The molecular weight excluding hydrogens is 363 g/mol. The number of hydrogen-bond acceptors (Lipinski definition) is 5. The Morgan fingerprint density at radius 1 is 1.36 bits per heavy atom. The summed E-state index contributed by atoms with van der Waals surface area (Å²) in [6, 6.07) is 6.84. The lowest BCUT2D eigenvalue weighted by Gasteiger charge is -2.29. The van der Waals surface area contributed by atoms with Crippen molar-refractivity contribution in [3.8, 4) is 6.07 Å². The molecule has 1 unspecified atom stereocenters. The van der Waals surface area contributed by atoms with Gasteiger partial charge in [0, 0.05) is 10.0 Å². The molecule has 0 saturated carbocycles. The number of allylic oxidation sites excluding steroid dienone is 2. The molecule has 1 aromatic carbocycles. The third-order valence-electron chi connectivity index (χ3n) is 3.50. The Morgan fingerprint density at radius 2 is 2.00 bits per heavy atom. The Hall–Kier alpha value is -2.16. The van der Waals surface area contributed by atoms with Gasteiger partial charge in [-0.15, -0.1) is 0 Å². The second-order valence-electron chi connectivity index (χ2n) is 6.56. The quantitative estimate of drug-likeness (QED) is 0.767. The summed E-state index contributed by atoms with van der Waals surface area (Å²) in [4.78, 5) is 12.8. The maximum Gasteiger partial charge on any atom is 0.338 e. The molecule has 2 rings (SSSR count). The van der Waals surface area contributed by atoms with Crippen LogP contribution in [0.3, 0.4) is 0 Å². The number of carbonyl (C=O) groups excluding carboxylic acids is 1. The lowest BCUT2D eigenvalue weighted by atomic mass is 9.83. The van der Waals surface area contributed by atoms with Gasteiger partial charge in [0.25, 0.3) is 0 Å². The highest BCUT2D eigenvalue weighted by Crippen LogP contribution is 2.42. The maximum atomic E-state index is 12.8. The third kappa shape index (κ3) is 4.09. The van der Waals surface area contributed by atoms with Gasteiger partial charge in [-0.2, -0.15) is 5.26 Å². The van der Waals surface area contributed by atoms with Gasteiger partial charge in [-0.1, -0.05) is 29.3 Å². The number of ether oxygens (including phenoxy) is 2. The number of esters is 1. The molecule has 0 radical (unpaired) electrons. The van der Waals surface area contributed by atoms with Crippen LogP contribution in [0, 0.1) is 11.3 Å². The zero-order chi connectivity index (χ0) is 18.9. The molecule has 0 amide bonds. The fraction of sp³-hybridized carbons (Fsp3) is 0.333. The summed E-state index contributed by atoms with van der Waals surface area (Å²) >= 11 is 12.3. The van der Waals surface area contributed by atoms with E-state index >= 15 is 0 Å². The van der Waals surface area contributed by atoms with Crippen LogP contribution in [0.25, 0.3) is 0 Å². The van der Waals surface area contributed by atoms with Crippen molar-refractivity contribution in [2.45, 2.75) is 39.2 Å². The van der Waals surface area contributed by atoms with Gasteiger partial charge in [-0.25, -0.2) is 4.79 Å². The van der Waals surface area contributed by atoms with Gasteiger partial charge in [0.1, 0.15) is 23.0 Å². The fourth-order valence-corrected chi connectivity index (χ4v) is 3.04. The van der Waals surface area contributed by atoms with Crippen molar-refractivity contribution in [3.63, 3.8) is 0 Å². The Balaban J connectivity index is 2.64. The van der Waals surface area contributed by atoms with E-state index in [0.717, 1.165) is 0 Å². The van der Waals surface area contributed by atoms with Crippen LogP contribution in [0.4, 0.5) is 0 Å². The van der Waals surface area contributed by atoms with Gasteiger partial charge in [0.15, 0.2) is 0 Å². The molecule has 0 saturated heterocycles. The molecule has 0 aromatic heterocycles. The number of benzene rings is 1. The number of rotatable bonds is 2. The summed E-state index contributed by atoms with van der Waals surface area (Å²) in [5, 5.41) is 10.3. The van der Waals surface area contributed by atoms with Crippen molar-refractivity contribution in [1.82, 2.24) is 0 Å². The van der Waals surface area contributed by atoms with Crippen LogP contribution < -0.4 is 5.73 Å². The first-order valence-electron chi connectivity index (χ1n) is 7.51. The number of hydrogen-bond donors (Lipinski definition) is 1. The molecule has 7 heteroatoms. The maximum absolute atomic E-state index is 12.8. The minimum Gasteiger partial charge on any atom is -0.456 e. The molecule has 0 fully saturated rings. The smallest absolute Gasteiger partial charge is 0.338 e. The van der Waals surface area contributed by atoms with Crippen LogP contribution in [0.5, 0.6) is 0 Å². The van der Waals surface area contributed by atoms with E-state index in [0.29, 0.717) is 15.6 Å². The van der Waals surface area contributed by atoms with Gasteiger partial charge < -0.3 is 15.2 Å². The zero-order valence-electron chi connectivity index (χ0n) is 14.3. The SMILES string of the molecule is CC1=C(C(=O)OC(C)(C)C)C(c2ccc(Cl)cc2Cl)C(C#N)=C(N)O1. The molecular formula is C18H18Cl2N2O3. The molecule has 0 spiro atoms. The summed E-state index contributed by atoms with van der Waals surface area (Å²) in [5.41, 5.74) is 5.95. The number of halogens is 2. The second-order valence-corrected chi connectivity index (χ2v) is 7.41. The fourth-order valence-electron chi connectivity index (χ4n) is 2.53. The summed E-state index contributed by atoms with van der Waals surface area (Å²) in [6.07, 6.45) is 0. The first-order chi connectivity index (χ1) is 11.5. The Bertz CT molecular complexity index is 830. The monoisotopic (exact) mass is 380 g/mol. The van der Waals surface area contributed by atoms with E-state index in [1.807, 2.05) is 6.07 Å². The highest BCUT2D eigenvalue weighted by molar-refractivity contribution is 6.35. The van der Waals surface area contributed by atoms with Gasteiger partial charge in [0.2, 0.25) is 5.88 Å². The van der Waals surface area contributed by atoms with Crippen molar-refractivity contribution in [3.05, 3.63) is 56.6 Å². The molecule has 1 aliphatic heterocycles. The topological polar surface area (TPSA) is 85.3 Å². The molecule has 25 heavy (non-hydrogen) atoms. The van der Waals surface area contributed by atoms with Crippen molar-refractivity contribution < 1.29 is 14.3 Å². The summed E-state index contributed by atoms with van der Waals surface area (Å²) < 4.78 is 10.9. The average molecular weight is 381 g/mol. The zero-order valence-corrected chi connectivity index (χ0v) is 15.8. The lowest BCUT2D eigenvalue weighted by Crippen LogP contribution is -2.30. The Labute approximate surface area is 156 Å². The van der Waals surface area contributed by atoms with E-state index in [2.05, 4.69) is 0 Å². The molecule has 0 aliphatic carbocycles. The largest absolute Gasteiger partial charge is 0.456 e. The van der Waals surface area contributed by atoms with E-state index in [1.165, 1.54) is 0 Å². The summed E-state index contributed by atoms with van der Waals surface area (Å²) in [5.74, 6) is -1.19. The lowest BCUT2D eigenvalue weighted by molar-refractivity contribution is -0.150. The van der Waals surface area contributed by atoms with Gasteiger partial charge in [-0.3, -0.25) is 0 Å². The van der Waals surface area contributed by atoms with Crippen LogP contribution in [-0.2, 0) is 14.3 Å². The van der Waals surface area contributed by atoms with Crippen LogP contribution in [0.2, 0.25) is 10.0 Å². The predicted octanol–water partition coefficient (Wildman–Crippen LogP) is 4.42. The summed E-state index contributed by atoms with van der Waals surface area (Å²) in [7, 11) is 0. The van der Waals surface area contributed by atoms with Gasteiger partial charge >= 0.3 is 5.97 Å². The first-order valence-corrected chi connectivity index (χ1v) is 8.27. The van der Waals surface area contributed by atoms with E-state index < -0.39 is 17.5 Å². The Kier molecular flexibility index (Phi) is 5.36. The van der Waals surface area contributed by atoms with E-state index in [9.17, 15) is 10.1 Å². The molecule has 5 nitrogen and oxygen atoms in total. The third-order valence-corrected chi connectivity index (χ3v) is 4.06. The molecule has 1 heterocycles. The minimum absolute atomic E-state index is 0.0664. The molecule has 0 bridgehead atoms. The van der Waals surface area contributed by atoms with Crippen LogP contribution in [0.1, 0.15) is 39.2 Å². The summed E-state index contributed by atoms with van der Waals surface area (Å²) in [6.45, 7) is 6.86. The average Bonchev–Trinajstić information content (AvgIpc) is 2.44. The van der Waals surface area contributed by atoms with Gasteiger partial charge in [0.05, 0.1) is 11.5 Å². The van der Waals surface area contributed by atoms with E-state index in [-0.39, 0.29) is 22.8 Å². The highest BCUT2D eigenvalue weighted by Gasteiger charge is 2.38. The number of nitrogens with two attached hydrogens (primary N) is 1. The van der Waals surface area contributed by atoms with E-state index in [4.69, 9.17) is 38.4 Å². The predicted molar refractivity (Wildman–Crippen MR) is 95.7 cm³/mol. The van der Waals surface area contributed by atoms with Crippen LogP contribution >= 0.6 is 23.2 Å². The van der Waals surface area contributed by atoms with E-state index in [1.54, 1.807) is 45.9 Å². The van der Waals surface area contributed by atoms with Crippen molar-refractivity contribution in [1.29, 1.82) is 5.26 Å². The molecule has 1 aromatic rings. The second kappa shape index (κ2) is 6.99. The number of carbonyl (C=O) groups is 1. The molecule has 132 valence electrons. The van der Waals surface area contributed by atoms with Crippen molar-refractivity contribution in [2.75, 3.05) is 0 Å². The minimum atomic E-state index is -0.793. The van der Waals surface area contributed by atoms with Crippen molar-refractivity contribution >= 4 is 29.2 Å². The standard InChI is InChI=1S/C18H18Cl2N2O3/c1-9-14(17(23)25-18(2,3)4)15(12(8-21)16(22)24-9)11-6-5-10(19)7-13(11)20/h5-7,15H,22H2,1-4H3. The molecule has 1 aliphatic rings. The number of nitriles is 1. The highest BCUT2D eigenvalue weighted by atomic mass is 35.5. The molecule has 1 atom stereocenters. The van der Waals surface area contributed by atoms with Crippen LogP contribution in [0.15, 0.2) is 41.0 Å². The number of nitrogens with zero attached hydrogens (tertiary/aromatic N) is 1. The van der Waals surface area contributed by atoms with Crippen LogP contribution in [-0.4, -0.2) is 11.6 Å². The van der Waals surface area contributed by atoms with Crippen molar-refractivity contribution in [2.24, 2.45) is 5.73 Å². The Morgan fingerprint density at radius 3 is 2.52 bits per heavy atom. The normalized spacial score (nSPS) is 17.9. The first kappa shape index (κ1) is 19.2. The van der Waals surface area contributed by atoms with Gasteiger partial charge in [-0.05, 0) is 45.4 Å².